The molecule has 1 fully saturated rings. The number of nitrogens with two attached hydrogens (primary N) is 1. The lowest BCUT2D eigenvalue weighted by Gasteiger charge is -2.19. The van der Waals surface area contributed by atoms with Gasteiger partial charge in [0.1, 0.15) is 17.7 Å². The van der Waals surface area contributed by atoms with Crippen molar-refractivity contribution >= 4 is 22.5 Å². The highest BCUT2D eigenvalue weighted by molar-refractivity contribution is 6.02. The highest BCUT2D eigenvalue weighted by Gasteiger charge is 2.25. The van der Waals surface area contributed by atoms with Crippen LogP contribution in [0.15, 0.2) is 60.7 Å². The van der Waals surface area contributed by atoms with Gasteiger partial charge in [-0.3, -0.25) is 9.29 Å². The van der Waals surface area contributed by atoms with E-state index in [-0.39, 0.29) is 24.3 Å². The number of allylic oxidation sites excluding steroid dienone is 1. The van der Waals surface area contributed by atoms with Crippen LogP contribution in [0.2, 0.25) is 0 Å². The van der Waals surface area contributed by atoms with Gasteiger partial charge >= 0.3 is 0 Å². The molecule has 3 N–H and O–H groups in total. The monoisotopic (exact) mass is 503 g/mol. The SMILES string of the molecule is CNc1ccc2c(c1)CCCC(c1cccc(F)c1N)=C2c1ccc(OC2CCN(CCCF)C2)cc1. The molecular weight excluding hydrogens is 468 g/mol. The number of anilines is 2. The molecular formula is C31H35F2N3O. The second-order valence-electron chi connectivity index (χ2n) is 9.93. The summed E-state index contributed by atoms with van der Waals surface area (Å²) in [7, 11) is 1.93. The molecule has 1 aliphatic heterocycles. The van der Waals surface area contributed by atoms with E-state index in [4.69, 9.17) is 10.5 Å². The number of benzene rings is 3. The molecule has 1 atom stereocenters. The summed E-state index contributed by atoms with van der Waals surface area (Å²) in [5, 5.41) is 3.24. The fourth-order valence-corrected chi connectivity index (χ4v) is 5.61. The minimum absolute atomic E-state index is 0.117. The Kier molecular flexibility index (Phi) is 7.75. The van der Waals surface area contributed by atoms with Gasteiger partial charge in [-0.2, -0.15) is 0 Å². The number of nitrogen functional groups attached to an aromatic ring is 1. The molecule has 3 aromatic carbocycles. The number of alkyl halides is 1. The van der Waals surface area contributed by atoms with Crippen molar-refractivity contribution in [1.82, 2.24) is 4.90 Å². The number of hydrogen-bond acceptors (Lipinski definition) is 4. The highest BCUT2D eigenvalue weighted by atomic mass is 19.1. The number of likely N-dealkylation sites (tertiary alicyclic amines) is 1. The Morgan fingerprint density at radius 3 is 2.68 bits per heavy atom. The fourth-order valence-electron chi connectivity index (χ4n) is 5.61. The van der Waals surface area contributed by atoms with Crippen LogP contribution in [0.3, 0.4) is 0 Å². The second-order valence-corrected chi connectivity index (χ2v) is 9.93. The molecule has 6 heteroatoms. The van der Waals surface area contributed by atoms with Crippen LogP contribution in [0, 0.1) is 5.82 Å². The zero-order valence-corrected chi connectivity index (χ0v) is 21.4. The van der Waals surface area contributed by atoms with Crippen LogP contribution in [-0.4, -0.2) is 44.4 Å². The van der Waals surface area contributed by atoms with Crippen molar-refractivity contribution in [3.63, 3.8) is 0 Å². The van der Waals surface area contributed by atoms with E-state index in [0.717, 1.165) is 84.6 Å². The number of rotatable bonds is 8. The van der Waals surface area contributed by atoms with E-state index in [1.807, 2.05) is 25.2 Å². The summed E-state index contributed by atoms with van der Waals surface area (Å²) in [6.45, 7) is 2.28. The van der Waals surface area contributed by atoms with Gasteiger partial charge in [-0.25, -0.2) is 4.39 Å². The number of ether oxygens (including phenoxy) is 1. The van der Waals surface area contributed by atoms with Crippen LogP contribution >= 0.6 is 0 Å². The van der Waals surface area contributed by atoms with Gasteiger partial charge in [-0.15, -0.1) is 0 Å². The molecule has 3 aromatic rings. The number of para-hydroxylation sites is 1. The van der Waals surface area contributed by atoms with Gasteiger partial charge in [0.25, 0.3) is 0 Å². The molecule has 4 nitrogen and oxygen atoms in total. The van der Waals surface area contributed by atoms with Gasteiger partial charge < -0.3 is 15.8 Å². The first kappa shape index (κ1) is 25.3. The number of nitrogens with zero attached hydrogens (tertiary/aromatic N) is 1. The Bertz CT molecular complexity index is 1270. The smallest absolute Gasteiger partial charge is 0.146 e. The van der Waals surface area contributed by atoms with Crippen LogP contribution < -0.4 is 15.8 Å². The van der Waals surface area contributed by atoms with Gasteiger partial charge in [-0.1, -0.05) is 30.3 Å². The van der Waals surface area contributed by atoms with Gasteiger partial charge in [-0.05, 0) is 90.3 Å². The van der Waals surface area contributed by atoms with Gasteiger partial charge in [0.2, 0.25) is 0 Å². The van der Waals surface area contributed by atoms with Crippen LogP contribution in [0.5, 0.6) is 5.75 Å². The largest absolute Gasteiger partial charge is 0.489 e. The average molecular weight is 504 g/mol. The third kappa shape index (κ3) is 5.49. The first-order valence-corrected chi connectivity index (χ1v) is 13.2. The lowest BCUT2D eigenvalue weighted by Crippen LogP contribution is -2.26. The number of halogens is 2. The molecule has 1 saturated heterocycles. The molecule has 1 unspecified atom stereocenters. The van der Waals surface area contributed by atoms with Gasteiger partial charge in [0.15, 0.2) is 0 Å². The molecule has 1 aliphatic carbocycles. The van der Waals surface area contributed by atoms with E-state index >= 15 is 0 Å². The maximum Gasteiger partial charge on any atom is 0.146 e. The van der Waals surface area contributed by atoms with E-state index < -0.39 is 0 Å². The molecule has 5 rings (SSSR count). The molecule has 0 bridgehead atoms. The number of nitrogens with one attached hydrogen (secondary N) is 1. The van der Waals surface area contributed by atoms with Crippen molar-refractivity contribution in [2.24, 2.45) is 0 Å². The Labute approximate surface area is 218 Å². The summed E-state index contributed by atoms with van der Waals surface area (Å²) in [6, 6.07) is 19.8. The number of aryl methyl sites for hydroxylation is 1. The summed E-state index contributed by atoms with van der Waals surface area (Å²) in [5.41, 5.74) is 14.0. The maximum absolute atomic E-state index is 14.5. The molecule has 2 aliphatic rings. The van der Waals surface area contributed by atoms with Crippen LogP contribution in [0.1, 0.15) is 47.9 Å². The second kappa shape index (κ2) is 11.3. The van der Waals surface area contributed by atoms with Gasteiger partial charge in [0, 0.05) is 37.9 Å². The quantitative estimate of drug-likeness (QED) is 0.342. The summed E-state index contributed by atoms with van der Waals surface area (Å²) >= 11 is 0. The third-order valence-corrected chi connectivity index (χ3v) is 7.50. The Morgan fingerprint density at radius 1 is 1.05 bits per heavy atom. The van der Waals surface area contributed by atoms with E-state index in [1.54, 1.807) is 6.07 Å². The Hall–Kier alpha value is -3.38. The summed E-state index contributed by atoms with van der Waals surface area (Å²) in [4.78, 5) is 2.26. The van der Waals surface area contributed by atoms with E-state index in [2.05, 4.69) is 40.5 Å². The van der Waals surface area contributed by atoms with Crippen LogP contribution in [0.25, 0.3) is 11.1 Å². The maximum atomic E-state index is 14.5. The first-order valence-electron chi connectivity index (χ1n) is 13.2. The van der Waals surface area contributed by atoms with E-state index in [1.165, 1.54) is 11.6 Å². The minimum atomic E-state index is -0.389. The molecule has 0 aromatic heterocycles. The van der Waals surface area contributed by atoms with Gasteiger partial charge in [0.05, 0.1) is 12.4 Å². The number of fused-ring (bicyclic) bond motifs is 1. The van der Waals surface area contributed by atoms with Crippen molar-refractivity contribution in [3.05, 3.63) is 88.7 Å². The lowest BCUT2D eigenvalue weighted by atomic mass is 9.87. The zero-order chi connectivity index (χ0) is 25.8. The van der Waals surface area contributed by atoms with Crippen LogP contribution in [0.4, 0.5) is 20.2 Å². The fraction of sp³-hybridized carbons (Fsp3) is 0.355. The summed E-state index contributed by atoms with van der Waals surface area (Å²) in [6.07, 6.45) is 4.34. The lowest BCUT2D eigenvalue weighted by molar-refractivity contribution is 0.198. The molecule has 0 spiro atoms. The minimum Gasteiger partial charge on any atom is -0.489 e. The third-order valence-electron chi connectivity index (χ3n) is 7.50. The summed E-state index contributed by atoms with van der Waals surface area (Å²) < 4.78 is 33.3. The Morgan fingerprint density at radius 2 is 1.89 bits per heavy atom. The van der Waals surface area contributed by atoms with Crippen molar-refractivity contribution in [1.29, 1.82) is 0 Å². The predicted molar refractivity (Wildman–Crippen MR) is 148 cm³/mol. The molecule has 0 radical (unpaired) electrons. The molecule has 0 amide bonds. The van der Waals surface area contributed by atoms with Crippen LogP contribution in [-0.2, 0) is 6.42 Å². The first-order chi connectivity index (χ1) is 18.1. The van der Waals surface area contributed by atoms with Crippen molar-refractivity contribution in [3.8, 4) is 5.75 Å². The Balaban J connectivity index is 1.50. The standard InChI is InChI=1S/C31H35F2N3O/c1-35-23-11-14-26-22(19-23)5-2-6-27(28-7-3-8-29(33)31(28)34)30(26)21-9-12-24(13-10-21)37-25-15-18-36(20-25)17-4-16-32/h3,7-14,19,25,35H,2,4-6,15-18,20,34H2,1H3. The van der Waals surface area contributed by atoms with E-state index in [0.29, 0.717) is 6.42 Å². The average Bonchev–Trinajstić information content (AvgIpc) is 3.28. The van der Waals surface area contributed by atoms with E-state index in [9.17, 15) is 8.78 Å². The normalized spacial score (nSPS) is 18.0. The molecule has 37 heavy (non-hydrogen) atoms. The zero-order valence-electron chi connectivity index (χ0n) is 21.4. The van der Waals surface area contributed by atoms with Crippen molar-refractivity contribution in [2.45, 2.75) is 38.2 Å². The van der Waals surface area contributed by atoms with Crippen molar-refractivity contribution < 1.29 is 13.5 Å². The predicted octanol–water partition coefficient (Wildman–Crippen LogP) is 6.56. The molecule has 1 heterocycles. The molecule has 194 valence electrons. The highest BCUT2D eigenvalue weighted by Crippen LogP contribution is 2.42. The number of hydrogen-bond donors (Lipinski definition) is 2. The van der Waals surface area contributed by atoms with Crippen molar-refractivity contribution in [2.75, 3.05) is 44.4 Å². The molecule has 0 saturated carbocycles. The topological polar surface area (TPSA) is 50.5 Å². The summed E-state index contributed by atoms with van der Waals surface area (Å²) in [5.74, 6) is 0.438.